The van der Waals surface area contributed by atoms with Crippen LogP contribution in [0.15, 0.2) is 28.7 Å². The molecule has 3 rings (SSSR count). The fraction of sp³-hybridized carbons (Fsp3) is 0.562. The van der Waals surface area contributed by atoms with E-state index in [4.69, 9.17) is 0 Å². The molecule has 1 aromatic carbocycles. The number of hydrogen-bond donors (Lipinski definition) is 1. The van der Waals surface area contributed by atoms with E-state index in [-0.39, 0.29) is 12.0 Å². The second-order valence-corrected chi connectivity index (χ2v) is 6.70. The number of halogens is 1. The van der Waals surface area contributed by atoms with Crippen LogP contribution >= 0.6 is 15.9 Å². The van der Waals surface area contributed by atoms with Crippen LogP contribution in [-0.2, 0) is 4.79 Å². The van der Waals surface area contributed by atoms with Gasteiger partial charge in [-0.1, -0.05) is 28.1 Å². The first kappa shape index (κ1) is 14.1. The van der Waals surface area contributed by atoms with Crippen molar-refractivity contribution >= 4 is 21.8 Å². The number of amides is 1. The first-order chi connectivity index (χ1) is 9.75. The third kappa shape index (κ3) is 2.91. The molecule has 108 valence electrons. The van der Waals surface area contributed by atoms with Crippen molar-refractivity contribution in [3.63, 3.8) is 0 Å². The van der Waals surface area contributed by atoms with Gasteiger partial charge in [-0.3, -0.25) is 4.79 Å². The topological polar surface area (TPSA) is 32.3 Å². The van der Waals surface area contributed by atoms with E-state index in [2.05, 4.69) is 44.3 Å². The number of benzene rings is 1. The van der Waals surface area contributed by atoms with E-state index in [0.717, 1.165) is 49.8 Å². The molecule has 20 heavy (non-hydrogen) atoms. The summed E-state index contributed by atoms with van der Waals surface area (Å²) in [5.41, 5.74) is 1.26. The van der Waals surface area contributed by atoms with Gasteiger partial charge in [0.25, 0.3) is 0 Å². The monoisotopic (exact) mass is 336 g/mol. The maximum absolute atomic E-state index is 12.7. The molecule has 2 atom stereocenters. The quantitative estimate of drug-likeness (QED) is 0.899. The van der Waals surface area contributed by atoms with Gasteiger partial charge in [-0.2, -0.15) is 0 Å². The van der Waals surface area contributed by atoms with E-state index in [1.54, 1.807) is 0 Å². The number of carbonyl (C=O) groups excluding carboxylic acids is 1. The Morgan fingerprint density at radius 3 is 2.95 bits per heavy atom. The Bertz CT molecular complexity index is 485. The van der Waals surface area contributed by atoms with Gasteiger partial charge in [0.1, 0.15) is 0 Å². The van der Waals surface area contributed by atoms with E-state index in [0.29, 0.717) is 5.91 Å². The SMILES string of the molecule is O=C([C@@H]1CCCNC1)N1CCCC1c1cccc(Br)c1. The zero-order valence-electron chi connectivity index (χ0n) is 11.6. The highest BCUT2D eigenvalue weighted by molar-refractivity contribution is 9.10. The number of nitrogens with zero attached hydrogens (tertiary/aromatic N) is 1. The Morgan fingerprint density at radius 2 is 2.20 bits per heavy atom. The van der Waals surface area contributed by atoms with Crippen LogP contribution in [0.5, 0.6) is 0 Å². The largest absolute Gasteiger partial charge is 0.335 e. The fourth-order valence-electron chi connectivity index (χ4n) is 3.39. The van der Waals surface area contributed by atoms with Crippen molar-refractivity contribution in [2.75, 3.05) is 19.6 Å². The minimum absolute atomic E-state index is 0.177. The van der Waals surface area contributed by atoms with Gasteiger partial charge in [-0.25, -0.2) is 0 Å². The van der Waals surface area contributed by atoms with E-state index in [1.165, 1.54) is 5.56 Å². The molecule has 2 aliphatic heterocycles. The lowest BCUT2D eigenvalue weighted by atomic mass is 9.96. The average molecular weight is 337 g/mol. The summed E-state index contributed by atoms with van der Waals surface area (Å²) in [6.07, 6.45) is 4.35. The number of piperidine rings is 1. The second-order valence-electron chi connectivity index (χ2n) is 5.79. The van der Waals surface area contributed by atoms with Crippen molar-refractivity contribution in [2.45, 2.75) is 31.7 Å². The standard InChI is InChI=1S/C16H21BrN2O/c17-14-6-1-4-12(10-14)15-7-3-9-19(15)16(20)13-5-2-8-18-11-13/h1,4,6,10,13,15,18H,2-3,5,7-9,11H2/t13-,15?/m1/s1. The Balaban J connectivity index is 1.76. The fourth-order valence-corrected chi connectivity index (χ4v) is 3.80. The van der Waals surface area contributed by atoms with E-state index in [1.807, 2.05) is 6.07 Å². The summed E-state index contributed by atoms with van der Waals surface area (Å²) < 4.78 is 1.09. The molecule has 2 heterocycles. The molecule has 1 unspecified atom stereocenters. The van der Waals surface area contributed by atoms with Crippen LogP contribution < -0.4 is 5.32 Å². The third-order valence-electron chi connectivity index (χ3n) is 4.42. The van der Waals surface area contributed by atoms with Crippen LogP contribution in [0.4, 0.5) is 0 Å². The Morgan fingerprint density at radius 1 is 1.30 bits per heavy atom. The van der Waals surface area contributed by atoms with Gasteiger partial charge in [0.2, 0.25) is 5.91 Å². The van der Waals surface area contributed by atoms with Gasteiger partial charge in [0.05, 0.1) is 12.0 Å². The lowest BCUT2D eigenvalue weighted by Crippen LogP contribution is -2.42. The van der Waals surface area contributed by atoms with Gasteiger partial charge in [-0.05, 0) is 49.9 Å². The van der Waals surface area contributed by atoms with Crippen LogP contribution in [0.25, 0.3) is 0 Å². The molecule has 3 nitrogen and oxygen atoms in total. The highest BCUT2D eigenvalue weighted by Gasteiger charge is 2.34. The van der Waals surface area contributed by atoms with Crippen molar-refractivity contribution in [3.8, 4) is 0 Å². The third-order valence-corrected chi connectivity index (χ3v) is 4.91. The Hall–Kier alpha value is -0.870. The highest BCUT2D eigenvalue weighted by atomic mass is 79.9. The predicted molar refractivity (Wildman–Crippen MR) is 83.4 cm³/mol. The molecule has 4 heteroatoms. The van der Waals surface area contributed by atoms with Gasteiger partial charge in [-0.15, -0.1) is 0 Å². The molecule has 1 aromatic rings. The number of hydrogen-bond acceptors (Lipinski definition) is 2. The number of rotatable bonds is 2. The van der Waals surface area contributed by atoms with Gasteiger partial charge in [0, 0.05) is 17.6 Å². The lowest BCUT2D eigenvalue weighted by molar-refractivity contribution is -0.137. The molecule has 2 saturated heterocycles. The van der Waals surface area contributed by atoms with E-state index in [9.17, 15) is 4.79 Å². The molecule has 0 aromatic heterocycles. The summed E-state index contributed by atoms with van der Waals surface area (Å²) in [5.74, 6) is 0.524. The first-order valence-electron chi connectivity index (χ1n) is 7.52. The molecular weight excluding hydrogens is 316 g/mol. The number of likely N-dealkylation sites (tertiary alicyclic amines) is 1. The Labute approximate surface area is 128 Å². The maximum Gasteiger partial charge on any atom is 0.227 e. The van der Waals surface area contributed by atoms with Gasteiger partial charge < -0.3 is 10.2 Å². The number of nitrogens with one attached hydrogen (secondary N) is 1. The lowest BCUT2D eigenvalue weighted by Gasteiger charge is -2.31. The molecule has 2 fully saturated rings. The summed E-state index contributed by atoms with van der Waals surface area (Å²) >= 11 is 3.53. The smallest absolute Gasteiger partial charge is 0.227 e. The first-order valence-corrected chi connectivity index (χ1v) is 8.31. The summed E-state index contributed by atoms with van der Waals surface area (Å²) in [7, 11) is 0. The zero-order chi connectivity index (χ0) is 13.9. The van der Waals surface area contributed by atoms with Crippen molar-refractivity contribution in [1.82, 2.24) is 10.2 Å². The highest BCUT2D eigenvalue weighted by Crippen LogP contribution is 2.34. The minimum atomic E-state index is 0.177. The minimum Gasteiger partial charge on any atom is -0.335 e. The summed E-state index contributed by atoms with van der Waals surface area (Å²) in [6, 6.07) is 8.65. The molecule has 0 spiro atoms. The van der Waals surface area contributed by atoms with Crippen molar-refractivity contribution in [3.05, 3.63) is 34.3 Å². The zero-order valence-corrected chi connectivity index (χ0v) is 13.2. The molecule has 0 radical (unpaired) electrons. The van der Waals surface area contributed by atoms with E-state index >= 15 is 0 Å². The molecule has 0 bridgehead atoms. The second kappa shape index (κ2) is 6.27. The van der Waals surface area contributed by atoms with Crippen LogP contribution in [0.1, 0.15) is 37.3 Å². The Kier molecular flexibility index (Phi) is 4.41. The normalized spacial score (nSPS) is 26.8. The molecule has 1 N–H and O–H groups in total. The summed E-state index contributed by atoms with van der Waals surface area (Å²) in [6.45, 7) is 2.81. The van der Waals surface area contributed by atoms with Crippen molar-refractivity contribution < 1.29 is 4.79 Å². The molecule has 0 aliphatic carbocycles. The maximum atomic E-state index is 12.7. The van der Waals surface area contributed by atoms with E-state index < -0.39 is 0 Å². The van der Waals surface area contributed by atoms with Crippen LogP contribution in [0, 0.1) is 5.92 Å². The molecular formula is C16H21BrN2O. The van der Waals surface area contributed by atoms with Gasteiger partial charge in [0.15, 0.2) is 0 Å². The van der Waals surface area contributed by atoms with Crippen LogP contribution in [-0.4, -0.2) is 30.4 Å². The predicted octanol–water partition coefficient (Wildman–Crippen LogP) is 3.11. The summed E-state index contributed by atoms with van der Waals surface area (Å²) in [4.78, 5) is 14.9. The summed E-state index contributed by atoms with van der Waals surface area (Å²) in [5, 5.41) is 3.35. The van der Waals surface area contributed by atoms with Gasteiger partial charge >= 0.3 is 0 Å². The molecule has 2 aliphatic rings. The van der Waals surface area contributed by atoms with Crippen LogP contribution in [0.3, 0.4) is 0 Å². The number of carbonyl (C=O) groups is 1. The average Bonchev–Trinajstić information content (AvgIpc) is 2.97. The molecule has 0 saturated carbocycles. The molecule has 1 amide bonds. The van der Waals surface area contributed by atoms with Crippen LogP contribution in [0.2, 0.25) is 0 Å². The van der Waals surface area contributed by atoms with Crippen molar-refractivity contribution in [2.24, 2.45) is 5.92 Å². The van der Waals surface area contributed by atoms with Crippen molar-refractivity contribution in [1.29, 1.82) is 0 Å².